The molecule has 0 atom stereocenters. The van der Waals surface area contributed by atoms with Gasteiger partial charge in [-0.05, 0) is 0 Å². The van der Waals surface area contributed by atoms with Gasteiger partial charge in [0.2, 0.25) is 0 Å². The second-order valence-corrected chi connectivity index (χ2v) is 6.13. The number of aromatic nitrogens is 5. The Morgan fingerprint density at radius 1 is 1.30 bits per heavy atom. The van der Waals surface area contributed by atoms with Crippen LogP contribution in [-0.2, 0) is 19.5 Å². The first kappa shape index (κ1) is 14.2. The average molecular weight is 326 g/mol. The Bertz CT molecular complexity index is 861. The van der Waals surface area contributed by atoms with E-state index >= 15 is 0 Å². The van der Waals surface area contributed by atoms with Crippen molar-refractivity contribution < 1.29 is 0 Å². The molecule has 0 saturated carbocycles. The van der Waals surface area contributed by atoms with Gasteiger partial charge < -0.3 is 4.98 Å². The van der Waals surface area contributed by atoms with Crippen molar-refractivity contribution in [3.8, 4) is 11.4 Å². The van der Waals surface area contributed by atoms with E-state index in [4.69, 9.17) is 0 Å². The minimum atomic E-state index is -0.0863. The number of aromatic amines is 1. The van der Waals surface area contributed by atoms with Crippen molar-refractivity contribution in [2.45, 2.75) is 19.5 Å². The third-order valence-corrected chi connectivity index (χ3v) is 4.49. The molecule has 1 aliphatic rings. The van der Waals surface area contributed by atoms with Crippen LogP contribution < -0.4 is 5.56 Å². The molecule has 1 aliphatic heterocycles. The Morgan fingerprint density at radius 3 is 2.96 bits per heavy atom. The molecule has 3 aromatic rings. The molecule has 23 heavy (non-hydrogen) atoms. The Labute approximate surface area is 136 Å². The molecule has 0 saturated heterocycles. The van der Waals surface area contributed by atoms with Gasteiger partial charge in [-0.3, -0.25) is 9.69 Å². The zero-order valence-electron chi connectivity index (χ0n) is 12.3. The molecule has 1 N–H and O–H groups in total. The predicted octanol–water partition coefficient (Wildman–Crippen LogP) is 1.24. The van der Waals surface area contributed by atoms with Crippen LogP contribution in [0.3, 0.4) is 0 Å². The highest BCUT2D eigenvalue weighted by molar-refractivity contribution is 7.07. The van der Waals surface area contributed by atoms with Gasteiger partial charge in [0.05, 0.1) is 28.0 Å². The lowest BCUT2D eigenvalue weighted by Gasteiger charge is -2.26. The summed E-state index contributed by atoms with van der Waals surface area (Å²) in [7, 11) is 0. The molecule has 0 spiro atoms. The summed E-state index contributed by atoms with van der Waals surface area (Å²) in [6.45, 7) is 2.23. The lowest BCUT2D eigenvalue weighted by molar-refractivity contribution is 0.239. The molecule has 0 aromatic carbocycles. The van der Waals surface area contributed by atoms with Crippen LogP contribution in [0.4, 0.5) is 0 Å². The van der Waals surface area contributed by atoms with Gasteiger partial charge in [0, 0.05) is 43.8 Å². The third-order valence-electron chi connectivity index (χ3n) is 3.85. The summed E-state index contributed by atoms with van der Waals surface area (Å²) in [5, 5.41) is 2.04. The predicted molar refractivity (Wildman–Crippen MR) is 85.8 cm³/mol. The molecule has 0 bridgehead atoms. The van der Waals surface area contributed by atoms with Gasteiger partial charge in [-0.15, -0.1) is 11.3 Å². The first-order valence-corrected chi connectivity index (χ1v) is 8.21. The van der Waals surface area contributed by atoms with Crippen molar-refractivity contribution >= 4 is 11.3 Å². The number of rotatable bonds is 3. The summed E-state index contributed by atoms with van der Waals surface area (Å²) < 4.78 is 0. The van der Waals surface area contributed by atoms with E-state index in [1.807, 2.05) is 10.9 Å². The van der Waals surface area contributed by atoms with Crippen molar-refractivity contribution in [3.05, 3.63) is 56.9 Å². The van der Waals surface area contributed by atoms with E-state index in [2.05, 4.69) is 29.8 Å². The highest BCUT2D eigenvalue weighted by Gasteiger charge is 2.22. The van der Waals surface area contributed by atoms with Crippen molar-refractivity contribution in [1.29, 1.82) is 0 Å². The minimum Gasteiger partial charge on any atom is -0.306 e. The Kier molecular flexibility index (Phi) is 3.68. The highest BCUT2D eigenvalue weighted by Crippen LogP contribution is 2.19. The first-order valence-electron chi connectivity index (χ1n) is 7.26. The molecule has 0 amide bonds. The van der Waals surface area contributed by atoms with Gasteiger partial charge >= 0.3 is 0 Å². The molecular formula is C15H14N6OS. The molecule has 0 unspecified atom stereocenters. The number of fused-ring (bicyclic) bond motifs is 1. The summed E-state index contributed by atoms with van der Waals surface area (Å²) in [4.78, 5) is 34.3. The molecule has 0 fully saturated rings. The van der Waals surface area contributed by atoms with Crippen LogP contribution >= 0.6 is 11.3 Å². The van der Waals surface area contributed by atoms with Gasteiger partial charge in [0.15, 0.2) is 0 Å². The molecular weight excluding hydrogens is 312 g/mol. The topological polar surface area (TPSA) is 87.7 Å². The Morgan fingerprint density at radius 2 is 2.17 bits per heavy atom. The molecule has 4 rings (SSSR count). The number of nitrogens with zero attached hydrogens (tertiary/aromatic N) is 5. The monoisotopic (exact) mass is 326 g/mol. The summed E-state index contributed by atoms with van der Waals surface area (Å²) >= 11 is 1.59. The summed E-state index contributed by atoms with van der Waals surface area (Å²) in [6, 6.07) is 0. The first-order chi connectivity index (χ1) is 11.3. The molecule has 4 heterocycles. The molecule has 0 aliphatic carbocycles. The van der Waals surface area contributed by atoms with Crippen LogP contribution in [0.25, 0.3) is 11.4 Å². The molecule has 0 radical (unpaired) electrons. The maximum atomic E-state index is 12.4. The second-order valence-electron chi connectivity index (χ2n) is 5.41. The molecule has 8 heteroatoms. The average Bonchev–Trinajstić information content (AvgIpc) is 3.09. The van der Waals surface area contributed by atoms with Gasteiger partial charge in [-0.2, -0.15) is 0 Å². The van der Waals surface area contributed by atoms with E-state index in [9.17, 15) is 4.79 Å². The van der Waals surface area contributed by atoms with E-state index in [0.717, 1.165) is 42.0 Å². The lowest BCUT2D eigenvalue weighted by Crippen LogP contribution is -2.35. The van der Waals surface area contributed by atoms with Crippen LogP contribution in [-0.4, -0.2) is 36.4 Å². The van der Waals surface area contributed by atoms with Crippen molar-refractivity contribution in [1.82, 2.24) is 29.8 Å². The largest absolute Gasteiger partial charge is 0.306 e. The maximum Gasteiger partial charge on any atom is 0.255 e. The molecule has 3 aromatic heterocycles. The highest BCUT2D eigenvalue weighted by atomic mass is 32.1. The normalized spacial score (nSPS) is 14.6. The zero-order valence-corrected chi connectivity index (χ0v) is 13.1. The van der Waals surface area contributed by atoms with E-state index in [1.165, 1.54) is 6.33 Å². The van der Waals surface area contributed by atoms with Crippen molar-refractivity contribution in [2.75, 3.05) is 6.54 Å². The van der Waals surface area contributed by atoms with E-state index < -0.39 is 0 Å². The number of nitrogens with one attached hydrogen (secondary N) is 1. The van der Waals surface area contributed by atoms with Gasteiger partial charge in [-0.25, -0.2) is 19.9 Å². The molecule has 116 valence electrons. The minimum absolute atomic E-state index is 0.0863. The van der Waals surface area contributed by atoms with Crippen molar-refractivity contribution in [3.63, 3.8) is 0 Å². The fourth-order valence-electron chi connectivity index (χ4n) is 2.72. The second kappa shape index (κ2) is 5.98. The van der Waals surface area contributed by atoms with E-state index in [1.54, 1.807) is 23.7 Å². The Hall–Kier alpha value is -2.45. The van der Waals surface area contributed by atoms with Crippen LogP contribution in [0.1, 0.15) is 17.0 Å². The van der Waals surface area contributed by atoms with Crippen molar-refractivity contribution in [2.24, 2.45) is 0 Å². The fraction of sp³-hybridized carbons (Fsp3) is 0.267. The standard InChI is InChI=1S/C15H14N6OS/c22-15-12-6-21(5-11-7-23-9-18-11)2-1-13(12)19-14(20-15)10-3-16-8-17-4-10/h3-4,7-9H,1-2,5-6H2,(H,19,20,22). The maximum absolute atomic E-state index is 12.4. The van der Waals surface area contributed by atoms with Gasteiger partial charge in [-0.1, -0.05) is 0 Å². The third kappa shape index (κ3) is 2.90. The van der Waals surface area contributed by atoms with Gasteiger partial charge in [0.1, 0.15) is 12.2 Å². The fourth-order valence-corrected chi connectivity index (χ4v) is 3.27. The smallest absolute Gasteiger partial charge is 0.255 e. The number of hydrogen-bond acceptors (Lipinski definition) is 7. The van der Waals surface area contributed by atoms with E-state index in [-0.39, 0.29) is 5.56 Å². The van der Waals surface area contributed by atoms with Crippen LogP contribution in [0.2, 0.25) is 0 Å². The summed E-state index contributed by atoms with van der Waals surface area (Å²) in [6.07, 6.45) is 5.50. The number of hydrogen-bond donors (Lipinski definition) is 1. The van der Waals surface area contributed by atoms with Crippen LogP contribution in [0.5, 0.6) is 0 Å². The molecule has 7 nitrogen and oxygen atoms in total. The Balaban J connectivity index is 1.62. The number of thiazole rings is 1. The van der Waals surface area contributed by atoms with Crippen LogP contribution in [0, 0.1) is 0 Å². The quantitative estimate of drug-likeness (QED) is 0.779. The van der Waals surface area contributed by atoms with E-state index in [0.29, 0.717) is 12.4 Å². The lowest BCUT2D eigenvalue weighted by atomic mass is 10.1. The van der Waals surface area contributed by atoms with Crippen LogP contribution in [0.15, 0.2) is 34.4 Å². The zero-order chi connectivity index (χ0) is 15.6. The number of H-pyrrole nitrogens is 1. The van der Waals surface area contributed by atoms with Gasteiger partial charge in [0.25, 0.3) is 5.56 Å². The summed E-state index contributed by atoms with van der Waals surface area (Å²) in [5.41, 5.74) is 5.11. The SMILES string of the molecule is O=c1[nH]c(-c2cncnc2)nc2c1CN(Cc1cscn1)CC2. The summed E-state index contributed by atoms with van der Waals surface area (Å²) in [5.74, 6) is 0.530.